The molecule has 0 aromatic heterocycles. The van der Waals surface area contributed by atoms with Crippen LogP contribution in [0.2, 0.25) is 0 Å². The highest BCUT2D eigenvalue weighted by molar-refractivity contribution is 5.93. The number of nitrogens with zero attached hydrogens (tertiary/aromatic N) is 1. The van der Waals surface area contributed by atoms with Crippen molar-refractivity contribution in [3.05, 3.63) is 59.9 Å². The average molecular weight is 341 g/mol. The van der Waals surface area contributed by atoms with Gasteiger partial charge in [-0.25, -0.2) is 0 Å². The van der Waals surface area contributed by atoms with Gasteiger partial charge in [0.05, 0.1) is 0 Å². The van der Waals surface area contributed by atoms with Crippen LogP contribution in [0.25, 0.3) is 0 Å². The molecule has 1 aliphatic rings. The van der Waals surface area contributed by atoms with Crippen molar-refractivity contribution in [2.75, 3.05) is 13.1 Å². The first-order valence-electron chi connectivity index (χ1n) is 9.75. The molecule has 3 heteroatoms. The van der Waals surface area contributed by atoms with E-state index < -0.39 is 0 Å². The van der Waals surface area contributed by atoms with Crippen LogP contribution in [-0.4, -0.2) is 23.9 Å². The van der Waals surface area contributed by atoms with Crippen LogP contribution in [0.5, 0.6) is 0 Å². The minimum atomic E-state index is 0.0632. The average Bonchev–Trinajstić information content (AvgIpc) is 2.65. The Labute approximate surface area is 152 Å². The number of unbranched alkanes of at least 4 members (excludes halogenated alkanes) is 5. The predicted molar refractivity (Wildman–Crippen MR) is 105 cm³/mol. The number of benzene rings is 1. The third kappa shape index (κ3) is 7.59. The van der Waals surface area contributed by atoms with E-state index in [1.807, 2.05) is 24.4 Å². The van der Waals surface area contributed by atoms with E-state index in [0.717, 1.165) is 25.0 Å². The van der Waals surface area contributed by atoms with E-state index in [4.69, 9.17) is 0 Å². The molecule has 1 N–H and O–H groups in total. The third-order valence-corrected chi connectivity index (χ3v) is 4.56. The second-order valence-electron chi connectivity index (χ2n) is 6.74. The summed E-state index contributed by atoms with van der Waals surface area (Å²) in [5.41, 5.74) is 2.12. The fourth-order valence-corrected chi connectivity index (χ4v) is 3.05. The second kappa shape index (κ2) is 11.5. The number of carbonyl (C=O) groups excluding carboxylic acids is 1. The number of rotatable bonds is 11. The molecule has 3 nitrogen and oxygen atoms in total. The number of carbonyl (C=O) groups is 1. The van der Waals surface area contributed by atoms with Crippen molar-refractivity contribution in [1.29, 1.82) is 0 Å². The third-order valence-electron chi connectivity index (χ3n) is 4.56. The van der Waals surface area contributed by atoms with E-state index in [1.54, 1.807) is 0 Å². The maximum absolute atomic E-state index is 12.3. The van der Waals surface area contributed by atoms with Gasteiger partial charge in [0.1, 0.15) is 0 Å². The Balaban J connectivity index is 1.67. The lowest BCUT2D eigenvalue weighted by Crippen LogP contribution is -2.29. The van der Waals surface area contributed by atoms with Crippen molar-refractivity contribution in [3.63, 3.8) is 0 Å². The summed E-state index contributed by atoms with van der Waals surface area (Å²) in [6.07, 6.45) is 15.6. The van der Waals surface area contributed by atoms with Crippen LogP contribution in [0.4, 0.5) is 0 Å². The Bertz CT molecular complexity index is 563. The van der Waals surface area contributed by atoms with Crippen LogP contribution in [0.15, 0.2) is 54.4 Å². The molecular formula is C22H32N2O. The predicted octanol–water partition coefficient (Wildman–Crippen LogP) is 4.81. The van der Waals surface area contributed by atoms with Gasteiger partial charge in [-0.1, -0.05) is 75.4 Å². The maximum Gasteiger partial charge on any atom is 0.249 e. The summed E-state index contributed by atoms with van der Waals surface area (Å²) in [6, 6.07) is 10.3. The number of allylic oxidation sites excluding steroid dienone is 1. The molecule has 1 heterocycles. The lowest BCUT2D eigenvalue weighted by molar-refractivity contribution is -0.117. The van der Waals surface area contributed by atoms with E-state index in [0.29, 0.717) is 6.54 Å². The van der Waals surface area contributed by atoms with E-state index >= 15 is 0 Å². The summed E-state index contributed by atoms with van der Waals surface area (Å²) >= 11 is 0. The molecule has 1 amide bonds. The van der Waals surface area contributed by atoms with Gasteiger partial charge in [0.15, 0.2) is 0 Å². The van der Waals surface area contributed by atoms with Crippen LogP contribution in [0, 0.1) is 0 Å². The van der Waals surface area contributed by atoms with Crippen molar-refractivity contribution < 1.29 is 4.79 Å². The van der Waals surface area contributed by atoms with E-state index in [-0.39, 0.29) is 5.91 Å². The van der Waals surface area contributed by atoms with Gasteiger partial charge in [-0.3, -0.25) is 4.79 Å². The van der Waals surface area contributed by atoms with Gasteiger partial charge in [-0.05, 0) is 31.0 Å². The molecule has 0 saturated carbocycles. The molecule has 0 aliphatic carbocycles. The molecule has 0 bridgehead atoms. The molecule has 136 valence electrons. The number of nitrogens with one attached hydrogen (secondary N) is 1. The Morgan fingerprint density at radius 3 is 2.64 bits per heavy atom. The Morgan fingerprint density at radius 2 is 1.84 bits per heavy atom. The SMILES string of the molecule is CCCCCCCCN1C=CCC(C(=O)NCCc2ccccc2)=C1. The number of hydrogen-bond donors (Lipinski definition) is 1. The van der Waals surface area contributed by atoms with E-state index in [1.165, 1.54) is 44.1 Å². The molecule has 0 saturated heterocycles. The van der Waals surface area contributed by atoms with Crippen molar-refractivity contribution in [2.24, 2.45) is 0 Å². The molecule has 25 heavy (non-hydrogen) atoms. The van der Waals surface area contributed by atoms with Gasteiger partial charge in [0, 0.05) is 24.9 Å². The highest BCUT2D eigenvalue weighted by atomic mass is 16.1. The first kappa shape index (κ1) is 19.3. The highest BCUT2D eigenvalue weighted by Gasteiger charge is 2.12. The smallest absolute Gasteiger partial charge is 0.249 e. The Kier molecular flexibility index (Phi) is 8.89. The molecule has 1 aromatic rings. The van der Waals surface area contributed by atoms with Crippen LogP contribution in [0.3, 0.4) is 0 Å². The van der Waals surface area contributed by atoms with Crippen LogP contribution < -0.4 is 5.32 Å². The lowest BCUT2D eigenvalue weighted by atomic mass is 10.1. The normalized spacial score (nSPS) is 13.6. The summed E-state index contributed by atoms with van der Waals surface area (Å²) in [4.78, 5) is 14.5. The Morgan fingerprint density at radius 1 is 1.08 bits per heavy atom. The largest absolute Gasteiger partial charge is 0.354 e. The van der Waals surface area contributed by atoms with Crippen molar-refractivity contribution in [2.45, 2.75) is 58.3 Å². The monoisotopic (exact) mass is 340 g/mol. The van der Waals surface area contributed by atoms with Gasteiger partial charge in [-0.2, -0.15) is 0 Å². The summed E-state index contributed by atoms with van der Waals surface area (Å²) in [7, 11) is 0. The van der Waals surface area contributed by atoms with Crippen LogP contribution in [-0.2, 0) is 11.2 Å². The standard InChI is InChI=1S/C22H32N2O/c1-2-3-4-5-6-10-17-24-18-11-14-21(19-24)22(25)23-16-15-20-12-8-7-9-13-20/h7-9,11-13,18-19H,2-6,10,14-17H2,1H3,(H,23,25). The molecule has 2 rings (SSSR count). The van der Waals surface area contributed by atoms with Gasteiger partial charge in [0.25, 0.3) is 0 Å². The molecule has 1 aromatic carbocycles. The first-order valence-corrected chi connectivity index (χ1v) is 9.75. The van der Waals surface area contributed by atoms with Crippen molar-refractivity contribution in [3.8, 4) is 0 Å². The molecule has 0 fully saturated rings. The quantitative estimate of drug-likeness (QED) is 0.586. The number of hydrogen-bond acceptors (Lipinski definition) is 2. The van der Waals surface area contributed by atoms with Gasteiger partial charge < -0.3 is 10.2 Å². The van der Waals surface area contributed by atoms with Gasteiger partial charge >= 0.3 is 0 Å². The molecule has 1 aliphatic heterocycles. The van der Waals surface area contributed by atoms with Crippen molar-refractivity contribution in [1.82, 2.24) is 10.2 Å². The Hall–Kier alpha value is -2.03. The lowest BCUT2D eigenvalue weighted by Gasteiger charge is -2.21. The molecular weight excluding hydrogens is 308 g/mol. The van der Waals surface area contributed by atoms with Gasteiger partial charge in [0.2, 0.25) is 5.91 Å². The second-order valence-corrected chi connectivity index (χ2v) is 6.74. The van der Waals surface area contributed by atoms with E-state index in [2.05, 4.69) is 41.5 Å². The molecule has 0 atom stereocenters. The summed E-state index contributed by atoms with van der Waals surface area (Å²) in [6.45, 7) is 3.93. The fourth-order valence-electron chi connectivity index (χ4n) is 3.05. The molecule has 0 radical (unpaired) electrons. The summed E-state index contributed by atoms with van der Waals surface area (Å²) in [5.74, 6) is 0.0632. The zero-order chi connectivity index (χ0) is 17.7. The summed E-state index contributed by atoms with van der Waals surface area (Å²) < 4.78 is 0. The topological polar surface area (TPSA) is 32.3 Å². The maximum atomic E-state index is 12.3. The first-order chi connectivity index (χ1) is 12.3. The molecule has 0 spiro atoms. The minimum Gasteiger partial charge on any atom is -0.354 e. The van der Waals surface area contributed by atoms with Crippen LogP contribution in [0.1, 0.15) is 57.4 Å². The zero-order valence-electron chi connectivity index (χ0n) is 15.5. The number of amides is 1. The summed E-state index contributed by atoms with van der Waals surface area (Å²) in [5, 5.41) is 3.04. The van der Waals surface area contributed by atoms with Gasteiger partial charge in [-0.15, -0.1) is 0 Å². The zero-order valence-corrected chi connectivity index (χ0v) is 15.5. The van der Waals surface area contributed by atoms with E-state index in [9.17, 15) is 4.79 Å². The fraction of sp³-hybridized carbons (Fsp3) is 0.500. The van der Waals surface area contributed by atoms with Crippen LogP contribution >= 0.6 is 0 Å². The van der Waals surface area contributed by atoms with Crippen molar-refractivity contribution >= 4 is 5.91 Å². The highest BCUT2D eigenvalue weighted by Crippen LogP contribution is 2.14. The molecule has 0 unspecified atom stereocenters. The minimum absolute atomic E-state index is 0.0632.